The molecule has 0 saturated heterocycles. The van der Waals surface area contributed by atoms with E-state index in [2.05, 4.69) is 51.6 Å². The van der Waals surface area contributed by atoms with Gasteiger partial charge in [0.2, 0.25) is 0 Å². The second-order valence-electron chi connectivity index (χ2n) is 7.47. The molecule has 29 heavy (non-hydrogen) atoms. The SMILES string of the molecule is c1cn2cc(-c3ccc4cn[nH]c4c3)nc(Cc3ccc4c(c3)OCCC4)c2n1. The van der Waals surface area contributed by atoms with Crippen LogP contribution in [0.15, 0.2) is 61.2 Å². The van der Waals surface area contributed by atoms with E-state index in [0.717, 1.165) is 58.7 Å². The van der Waals surface area contributed by atoms with Gasteiger partial charge < -0.3 is 9.14 Å². The largest absolute Gasteiger partial charge is 0.493 e. The van der Waals surface area contributed by atoms with Crippen LogP contribution in [0, 0.1) is 0 Å². The van der Waals surface area contributed by atoms with Crippen molar-refractivity contribution < 1.29 is 4.74 Å². The van der Waals surface area contributed by atoms with E-state index in [1.165, 1.54) is 11.1 Å². The van der Waals surface area contributed by atoms with E-state index in [1.807, 2.05) is 29.2 Å². The molecule has 6 nitrogen and oxygen atoms in total. The normalized spacial score (nSPS) is 13.5. The maximum Gasteiger partial charge on any atom is 0.158 e. The van der Waals surface area contributed by atoms with Crippen molar-refractivity contribution in [3.05, 3.63) is 78.0 Å². The monoisotopic (exact) mass is 381 g/mol. The molecule has 0 bridgehead atoms. The standard InChI is InChI=1S/C23H19N5O/c1-2-16-4-3-15(11-22(16)29-9-1)10-20-23-24-7-8-28(23)14-21(26-20)17-5-6-18-13-25-27-19(18)12-17/h3-8,11-14H,1-2,9-10H2,(H,25,27). The van der Waals surface area contributed by atoms with Crippen molar-refractivity contribution in [2.45, 2.75) is 19.3 Å². The zero-order chi connectivity index (χ0) is 19.2. The molecule has 0 spiro atoms. The summed E-state index contributed by atoms with van der Waals surface area (Å²) in [6, 6.07) is 12.7. The van der Waals surface area contributed by atoms with Crippen LogP contribution in [0.5, 0.6) is 5.75 Å². The van der Waals surface area contributed by atoms with Crippen molar-refractivity contribution in [3.63, 3.8) is 0 Å². The predicted octanol–water partition coefficient (Wildman–Crippen LogP) is 4.19. The maximum atomic E-state index is 5.85. The number of aromatic nitrogens is 5. The number of rotatable bonds is 3. The van der Waals surface area contributed by atoms with Gasteiger partial charge in [-0.3, -0.25) is 5.10 Å². The van der Waals surface area contributed by atoms with Crippen LogP contribution in [0.25, 0.3) is 27.8 Å². The van der Waals surface area contributed by atoms with Crippen LogP contribution in [-0.2, 0) is 12.8 Å². The molecule has 3 aromatic heterocycles. The third kappa shape index (κ3) is 2.84. The van der Waals surface area contributed by atoms with Crippen LogP contribution in [0.3, 0.4) is 0 Å². The zero-order valence-electron chi connectivity index (χ0n) is 15.8. The Morgan fingerprint density at radius 2 is 2.14 bits per heavy atom. The van der Waals surface area contributed by atoms with Gasteiger partial charge in [-0.15, -0.1) is 0 Å². The number of aryl methyl sites for hydroxylation is 1. The Morgan fingerprint density at radius 3 is 3.14 bits per heavy atom. The number of H-pyrrole nitrogens is 1. The van der Waals surface area contributed by atoms with E-state index in [1.54, 1.807) is 0 Å². The average molecular weight is 381 g/mol. The average Bonchev–Trinajstić information content (AvgIpc) is 3.42. The second-order valence-corrected chi connectivity index (χ2v) is 7.47. The number of ether oxygens (including phenoxy) is 1. The van der Waals surface area contributed by atoms with Crippen LogP contribution in [0.1, 0.15) is 23.2 Å². The fraction of sp³-hybridized carbons (Fsp3) is 0.174. The van der Waals surface area contributed by atoms with Gasteiger partial charge in [-0.2, -0.15) is 5.10 Å². The lowest BCUT2D eigenvalue weighted by molar-refractivity contribution is 0.288. The lowest BCUT2D eigenvalue weighted by atomic mass is 10.0. The molecular formula is C23H19N5O. The van der Waals surface area contributed by atoms with Crippen LogP contribution in [-0.4, -0.2) is 31.2 Å². The molecular weight excluding hydrogens is 362 g/mol. The first-order valence-corrected chi connectivity index (χ1v) is 9.84. The zero-order valence-corrected chi connectivity index (χ0v) is 15.8. The molecule has 1 aliphatic rings. The maximum absolute atomic E-state index is 5.85. The highest BCUT2D eigenvalue weighted by Crippen LogP contribution is 2.28. The van der Waals surface area contributed by atoms with E-state index in [9.17, 15) is 0 Å². The molecule has 1 N–H and O–H groups in total. The molecule has 4 heterocycles. The van der Waals surface area contributed by atoms with Crippen molar-refractivity contribution >= 4 is 16.6 Å². The van der Waals surface area contributed by atoms with Crippen LogP contribution in [0.2, 0.25) is 0 Å². The van der Waals surface area contributed by atoms with Gasteiger partial charge in [0.1, 0.15) is 5.75 Å². The summed E-state index contributed by atoms with van der Waals surface area (Å²) in [5, 5.41) is 8.24. The first kappa shape index (κ1) is 16.3. The number of nitrogens with zero attached hydrogens (tertiary/aromatic N) is 4. The summed E-state index contributed by atoms with van der Waals surface area (Å²) >= 11 is 0. The molecule has 0 atom stereocenters. The van der Waals surface area contributed by atoms with Crippen molar-refractivity contribution in [2.75, 3.05) is 6.61 Å². The number of fused-ring (bicyclic) bond motifs is 3. The minimum atomic E-state index is 0.706. The molecule has 0 radical (unpaired) electrons. The van der Waals surface area contributed by atoms with Gasteiger partial charge in [-0.25, -0.2) is 9.97 Å². The predicted molar refractivity (Wildman–Crippen MR) is 111 cm³/mol. The van der Waals surface area contributed by atoms with E-state index < -0.39 is 0 Å². The quantitative estimate of drug-likeness (QED) is 0.509. The minimum Gasteiger partial charge on any atom is -0.493 e. The van der Waals surface area contributed by atoms with Gasteiger partial charge in [-0.05, 0) is 36.1 Å². The molecule has 0 fully saturated rings. The molecule has 0 amide bonds. The van der Waals surface area contributed by atoms with E-state index in [0.29, 0.717) is 6.42 Å². The van der Waals surface area contributed by atoms with Gasteiger partial charge >= 0.3 is 0 Å². The number of benzene rings is 2. The van der Waals surface area contributed by atoms with Crippen LogP contribution in [0.4, 0.5) is 0 Å². The van der Waals surface area contributed by atoms with Crippen molar-refractivity contribution in [3.8, 4) is 17.0 Å². The minimum absolute atomic E-state index is 0.706. The van der Waals surface area contributed by atoms with Gasteiger partial charge in [0.15, 0.2) is 5.65 Å². The molecule has 0 saturated carbocycles. The summed E-state index contributed by atoms with van der Waals surface area (Å²) in [5.74, 6) is 1.01. The summed E-state index contributed by atoms with van der Waals surface area (Å²) in [5.41, 5.74) is 7.28. The third-order valence-corrected chi connectivity index (χ3v) is 5.53. The van der Waals surface area contributed by atoms with Gasteiger partial charge in [0.05, 0.1) is 29.7 Å². The number of aromatic amines is 1. The summed E-state index contributed by atoms with van der Waals surface area (Å²) in [7, 11) is 0. The number of imidazole rings is 1. The molecule has 0 unspecified atom stereocenters. The lowest BCUT2D eigenvalue weighted by Gasteiger charge is -2.18. The molecule has 142 valence electrons. The highest BCUT2D eigenvalue weighted by atomic mass is 16.5. The Morgan fingerprint density at radius 1 is 1.14 bits per heavy atom. The molecule has 2 aromatic carbocycles. The van der Waals surface area contributed by atoms with Crippen molar-refractivity contribution in [1.82, 2.24) is 24.6 Å². The summed E-state index contributed by atoms with van der Waals surface area (Å²) < 4.78 is 7.90. The summed E-state index contributed by atoms with van der Waals surface area (Å²) in [4.78, 5) is 9.52. The topological polar surface area (TPSA) is 68.1 Å². The lowest BCUT2D eigenvalue weighted by Crippen LogP contribution is -2.09. The summed E-state index contributed by atoms with van der Waals surface area (Å²) in [6.45, 7) is 0.796. The highest BCUT2D eigenvalue weighted by Gasteiger charge is 2.14. The summed E-state index contributed by atoms with van der Waals surface area (Å²) in [6.07, 6.45) is 10.5. The van der Waals surface area contributed by atoms with E-state index in [4.69, 9.17) is 9.72 Å². The van der Waals surface area contributed by atoms with Gasteiger partial charge in [0.25, 0.3) is 0 Å². The first-order chi connectivity index (χ1) is 14.3. The molecule has 5 aromatic rings. The third-order valence-electron chi connectivity index (χ3n) is 5.53. The molecule has 0 aliphatic carbocycles. The highest BCUT2D eigenvalue weighted by molar-refractivity contribution is 5.83. The number of hydrogen-bond donors (Lipinski definition) is 1. The Labute approximate surface area is 167 Å². The van der Waals surface area contributed by atoms with Crippen molar-refractivity contribution in [1.29, 1.82) is 0 Å². The Bertz CT molecular complexity index is 1350. The Kier molecular flexibility index (Phi) is 3.62. The van der Waals surface area contributed by atoms with Gasteiger partial charge in [0, 0.05) is 36.0 Å². The van der Waals surface area contributed by atoms with Crippen LogP contribution >= 0.6 is 0 Å². The van der Waals surface area contributed by atoms with E-state index in [-0.39, 0.29) is 0 Å². The Balaban J connectivity index is 1.43. The van der Waals surface area contributed by atoms with Gasteiger partial charge in [-0.1, -0.05) is 24.3 Å². The smallest absolute Gasteiger partial charge is 0.158 e. The second kappa shape index (κ2) is 6.44. The number of hydrogen-bond acceptors (Lipinski definition) is 4. The number of nitrogens with one attached hydrogen (secondary N) is 1. The molecule has 6 rings (SSSR count). The Hall–Kier alpha value is -3.67. The van der Waals surface area contributed by atoms with Crippen LogP contribution < -0.4 is 4.74 Å². The molecule has 6 heteroatoms. The fourth-order valence-corrected chi connectivity index (χ4v) is 4.04. The fourth-order valence-electron chi connectivity index (χ4n) is 4.04. The van der Waals surface area contributed by atoms with Crippen molar-refractivity contribution in [2.24, 2.45) is 0 Å². The molecule has 1 aliphatic heterocycles. The first-order valence-electron chi connectivity index (χ1n) is 9.84. The van der Waals surface area contributed by atoms with E-state index >= 15 is 0 Å².